The normalized spacial score (nSPS) is 19.5. The highest BCUT2D eigenvalue weighted by atomic mass is 127. The van der Waals surface area contributed by atoms with E-state index in [4.69, 9.17) is 4.52 Å². The summed E-state index contributed by atoms with van der Waals surface area (Å²) >= 11 is 0. The Bertz CT molecular complexity index is 660. The van der Waals surface area contributed by atoms with Crippen LogP contribution >= 0.6 is 24.0 Å². The highest BCUT2D eigenvalue weighted by molar-refractivity contribution is 14.0. The summed E-state index contributed by atoms with van der Waals surface area (Å²) < 4.78 is 5.24. The SMILES string of the molecule is CCNC(=NCCc1noc(-c2ccccn2)n1)NC1CC1C.I. The molecule has 1 saturated carbocycles. The lowest BCUT2D eigenvalue weighted by Gasteiger charge is -2.10. The van der Waals surface area contributed by atoms with E-state index in [0.717, 1.165) is 18.4 Å². The van der Waals surface area contributed by atoms with Crippen LogP contribution < -0.4 is 10.6 Å². The Balaban J connectivity index is 0.00000208. The number of hydrogen-bond acceptors (Lipinski definition) is 5. The average molecular weight is 442 g/mol. The summed E-state index contributed by atoms with van der Waals surface area (Å²) in [5.41, 5.74) is 0.687. The first-order valence-corrected chi connectivity index (χ1v) is 8.05. The molecule has 0 spiro atoms. The fraction of sp³-hybridized carbons (Fsp3) is 0.500. The third-order valence-corrected chi connectivity index (χ3v) is 3.73. The van der Waals surface area contributed by atoms with Gasteiger partial charge < -0.3 is 15.2 Å². The van der Waals surface area contributed by atoms with Crippen LogP contribution in [0.2, 0.25) is 0 Å². The van der Waals surface area contributed by atoms with E-state index < -0.39 is 0 Å². The first-order chi connectivity index (χ1) is 11.3. The van der Waals surface area contributed by atoms with Crippen molar-refractivity contribution in [1.82, 2.24) is 25.8 Å². The van der Waals surface area contributed by atoms with Crippen molar-refractivity contribution in [3.8, 4) is 11.6 Å². The smallest absolute Gasteiger partial charge is 0.276 e. The molecular formula is C16H23IN6O. The van der Waals surface area contributed by atoms with Crippen LogP contribution in [0.25, 0.3) is 11.6 Å². The van der Waals surface area contributed by atoms with Crippen LogP contribution in [0.1, 0.15) is 26.1 Å². The fourth-order valence-corrected chi connectivity index (χ4v) is 2.24. The number of pyridine rings is 1. The van der Waals surface area contributed by atoms with E-state index in [0.29, 0.717) is 36.4 Å². The van der Waals surface area contributed by atoms with Crippen LogP contribution in [-0.2, 0) is 6.42 Å². The molecule has 0 aromatic carbocycles. The van der Waals surface area contributed by atoms with E-state index in [2.05, 4.69) is 44.6 Å². The molecule has 8 heteroatoms. The first kappa shape index (κ1) is 18.6. The Morgan fingerprint density at radius 2 is 2.25 bits per heavy atom. The first-order valence-electron chi connectivity index (χ1n) is 8.05. The minimum absolute atomic E-state index is 0. The van der Waals surface area contributed by atoms with Gasteiger partial charge in [-0.05, 0) is 31.4 Å². The molecule has 2 atom stereocenters. The molecule has 0 aliphatic heterocycles. The number of hydrogen-bond donors (Lipinski definition) is 2. The van der Waals surface area contributed by atoms with Crippen molar-refractivity contribution in [2.24, 2.45) is 10.9 Å². The predicted molar refractivity (Wildman–Crippen MR) is 103 cm³/mol. The average Bonchev–Trinajstić information content (AvgIpc) is 3.07. The lowest BCUT2D eigenvalue weighted by atomic mass is 10.3. The van der Waals surface area contributed by atoms with Gasteiger partial charge in [0, 0.05) is 31.7 Å². The zero-order valence-corrected chi connectivity index (χ0v) is 16.2. The van der Waals surface area contributed by atoms with Gasteiger partial charge in [-0.2, -0.15) is 4.98 Å². The molecule has 3 rings (SSSR count). The molecule has 0 radical (unpaired) electrons. The van der Waals surface area contributed by atoms with Gasteiger partial charge in [-0.3, -0.25) is 9.98 Å². The molecule has 1 aliphatic carbocycles. The van der Waals surface area contributed by atoms with E-state index in [9.17, 15) is 0 Å². The van der Waals surface area contributed by atoms with E-state index in [1.807, 2.05) is 18.2 Å². The Labute approximate surface area is 158 Å². The summed E-state index contributed by atoms with van der Waals surface area (Å²) in [5, 5.41) is 10.7. The molecule has 2 unspecified atom stereocenters. The summed E-state index contributed by atoms with van der Waals surface area (Å²) in [6.45, 7) is 5.75. The van der Waals surface area contributed by atoms with E-state index in [-0.39, 0.29) is 24.0 Å². The van der Waals surface area contributed by atoms with Crippen molar-refractivity contribution in [2.75, 3.05) is 13.1 Å². The minimum Gasteiger partial charge on any atom is -0.357 e. The van der Waals surface area contributed by atoms with Crippen molar-refractivity contribution < 1.29 is 4.52 Å². The maximum Gasteiger partial charge on any atom is 0.276 e. The Kier molecular flexibility index (Phi) is 6.95. The second-order valence-electron chi connectivity index (χ2n) is 5.71. The van der Waals surface area contributed by atoms with Gasteiger partial charge in [0.25, 0.3) is 5.89 Å². The van der Waals surface area contributed by atoms with Crippen LogP contribution in [-0.4, -0.2) is 40.2 Å². The second-order valence-corrected chi connectivity index (χ2v) is 5.71. The molecule has 1 fully saturated rings. The van der Waals surface area contributed by atoms with Gasteiger partial charge in [-0.15, -0.1) is 24.0 Å². The molecule has 0 amide bonds. The molecule has 2 aromatic rings. The van der Waals surface area contributed by atoms with Gasteiger partial charge in [-0.25, -0.2) is 0 Å². The third-order valence-electron chi connectivity index (χ3n) is 3.73. The number of nitrogens with one attached hydrogen (secondary N) is 2. The largest absolute Gasteiger partial charge is 0.357 e. The van der Waals surface area contributed by atoms with Crippen LogP contribution in [0.4, 0.5) is 0 Å². The van der Waals surface area contributed by atoms with Gasteiger partial charge in [0.05, 0.1) is 0 Å². The summed E-state index contributed by atoms with van der Waals surface area (Å²) in [6.07, 6.45) is 3.55. The highest BCUT2D eigenvalue weighted by Crippen LogP contribution is 2.28. The molecule has 0 saturated heterocycles. The number of aliphatic imine (C=N–C) groups is 1. The van der Waals surface area contributed by atoms with E-state index >= 15 is 0 Å². The van der Waals surface area contributed by atoms with Gasteiger partial charge in [0.1, 0.15) is 5.69 Å². The Morgan fingerprint density at radius 1 is 1.42 bits per heavy atom. The van der Waals surface area contributed by atoms with Crippen LogP contribution in [0.15, 0.2) is 33.9 Å². The zero-order valence-electron chi connectivity index (χ0n) is 13.9. The number of aromatic nitrogens is 3. The summed E-state index contributed by atoms with van der Waals surface area (Å²) in [6, 6.07) is 6.14. The molecule has 2 heterocycles. The van der Waals surface area contributed by atoms with E-state index in [1.165, 1.54) is 6.42 Å². The standard InChI is InChI=1S/C16H22N6O.HI/c1-3-17-16(20-13-10-11(13)2)19-9-7-14-21-15(23-22-14)12-6-4-5-8-18-12;/h4-6,8,11,13H,3,7,9-10H2,1-2H3,(H2,17,19,20);1H. The van der Waals surface area contributed by atoms with Crippen molar-refractivity contribution in [1.29, 1.82) is 0 Å². The molecular weight excluding hydrogens is 419 g/mol. The van der Waals surface area contributed by atoms with Gasteiger partial charge in [0.15, 0.2) is 11.8 Å². The number of halogens is 1. The van der Waals surface area contributed by atoms with E-state index in [1.54, 1.807) is 6.20 Å². The number of nitrogens with zero attached hydrogens (tertiary/aromatic N) is 4. The third kappa shape index (κ3) is 5.15. The Morgan fingerprint density at radius 3 is 2.92 bits per heavy atom. The predicted octanol–water partition coefficient (Wildman–Crippen LogP) is 2.26. The summed E-state index contributed by atoms with van der Waals surface area (Å²) in [7, 11) is 0. The van der Waals surface area contributed by atoms with Gasteiger partial charge in [-0.1, -0.05) is 18.1 Å². The van der Waals surface area contributed by atoms with Crippen molar-refractivity contribution in [2.45, 2.75) is 32.7 Å². The second kappa shape index (κ2) is 8.95. The number of rotatable bonds is 6. The molecule has 0 bridgehead atoms. The Hall–Kier alpha value is -1.71. The fourth-order valence-electron chi connectivity index (χ4n) is 2.24. The topological polar surface area (TPSA) is 88.2 Å². The zero-order chi connectivity index (χ0) is 16.1. The maximum atomic E-state index is 5.24. The lowest BCUT2D eigenvalue weighted by molar-refractivity contribution is 0.421. The van der Waals surface area contributed by atoms with Gasteiger partial charge in [0.2, 0.25) is 0 Å². The van der Waals surface area contributed by atoms with Crippen LogP contribution in [0.3, 0.4) is 0 Å². The summed E-state index contributed by atoms with van der Waals surface area (Å²) in [5.74, 6) is 2.68. The monoisotopic (exact) mass is 442 g/mol. The molecule has 1 aliphatic rings. The van der Waals surface area contributed by atoms with Crippen LogP contribution in [0, 0.1) is 5.92 Å². The molecule has 130 valence electrons. The maximum absolute atomic E-state index is 5.24. The summed E-state index contributed by atoms with van der Waals surface area (Å²) in [4.78, 5) is 13.1. The van der Waals surface area contributed by atoms with Crippen LogP contribution in [0.5, 0.6) is 0 Å². The number of guanidine groups is 1. The van der Waals surface area contributed by atoms with Crippen molar-refractivity contribution in [3.05, 3.63) is 30.2 Å². The quantitative estimate of drug-likeness (QED) is 0.406. The molecule has 24 heavy (non-hydrogen) atoms. The molecule has 2 aromatic heterocycles. The highest BCUT2D eigenvalue weighted by Gasteiger charge is 2.33. The minimum atomic E-state index is 0. The van der Waals surface area contributed by atoms with Gasteiger partial charge >= 0.3 is 0 Å². The molecule has 2 N–H and O–H groups in total. The molecule has 7 nitrogen and oxygen atoms in total. The van der Waals surface area contributed by atoms with Crippen molar-refractivity contribution >= 4 is 29.9 Å². The van der Waals surface area contributed by atoms with Crippen molar-refractivity contribution in [3.63, 3.8) is 0 Å². The lowest BCUT2D eigenvalue weighted by Crippen LogP contribution is -2.39.